The molecular weight excluding hydrogens is 202 g/mol. The van der Waals surface area contributed by atoms with Gasteiger partial charge in [-0.15, -0.1) is 12.3 Å². The maximum atomic E-state index is 10.6. The molecule has 7 nitrogen and oxygen atoms in total. The van der Waals surface area contributed by atoms with Gasteiger partial charge in [0.05, 0.1) is 11.5 Å². The first kappa shape index (κ1) is 10.7. The summed E-state index contributed by atoms with van der Waals surface area (Å²) in [6.07, 6.45) is 6.39. The molecule has 0 saturated carbocycles. The Morgan fingerprint density at radius 3 is 2.87 bits per heavy atom. The number of hydrogen-bond donors (Lipinski definition) is 1. The fraction of sp³-hybridized carbons (Fsp3) is 0.250. The molecule has 78 valence electrons. The summed E-state index contributed by atoms with van der Waals surface area (Å²) in [5.74, 6) is 0.896. The zero-order valence-corrected chi connectivity index (χ0v) is 7.58. The van der Waals surface area contributed by atoms with E-state index in [1.54, 1.807) is 0 Å². The Morgan fingerprint density at radius 2 is 2.47 bits per heavy atom. The van der Waals surface area contributed by atoms with E-state index in [1.165, 1.54) is 0 Å². The average molecular weight is 209 g/mol. The van der Waals surface area contributed by atoms with Crippen LogP contribution < -0.4 is 0 Å². The Labute approximate surface area is 84.5 Å². The normalized spacial score (nSPS) is 9.53. The van der Waals surface area contributed by atoms with Crippen molar-refractivity contribution in [3.8, 4) is 12.3 Å². The molecule has 7 heteroatoms. The Hall–Kier alpha value is -2.36. The molecular formula is C8H7N3O4. The molecule has 0 aliphatic carbocycles. The average Bonchev–Trinajstić information content (AvgIpc) is 2.58. The highest BCUT2D eigenvalue weighted by Crippen LogP contribution is 2.16. The van der Waals surface area contributed by atoms with E-state index in [0.717, 1.165) is 10.9 Å². The van der Waals surface area contributed by atoms with Gasteiger partial charge in [-0.05, 0) is 0 Å². The summed E-state index contributed by atoms with van der Waals surface area (Å²) in [4.78, 5) is 20.3. The van der Waals surface area contributed by atoms with Crippen LogP contribution in [0.3, 0.4) is 0 Å². The second-order valence-electron chi connectivity index (χ2n) is 2.64. The topological polar surface area (TPSA) is 98.3 Å². The lowest BCUT2D eigenvalue weighted by Gasteiger charge is -1.92. The molecule has 1 aromatic heterocycles. The number of aryl methyl sites for hydroxylation is 1. The van der Waals surface area contributed by atoms with E-state index < -0.39 is 22.3 Å². The molecule has 0 fully saturated rings. The van der Waals surface area contributed by atoms with Crippen LogP contribution in [0.25, 0.3) is 0 Å². The quantitative estimate of drug-likeness (QED) is 0.442. The largest absolute Gasteiger partial charge is 0.476 e. The standard InChI is InChI=1S/C8H7N3O4/c1-2-3-4-10-5-6(11(14)15)7(9-10)8(12)13/h1,5H,3-4H2,(H,12,13). The maximum Gasteiger partial charge on any atom is 0.363 e. The number of aromatic nitrogens is 2. The summed E-state index contributed by atoms with van der Waals surface area (Å²) in [5, 5.41) is 22.6. The number of nitrogens with zero attached hydrogens (tertiary/aromatic N) is 3. The summed E-state index contributed by atoms with van der Waals surface area (Å²) >= 11 is 0. The molecule has 0 unspecified atom stereocenters. The van der Waals surface area contributed by atoms with Crippen LogP contribution in [0.15, 0.2) is 6.20 Å². The molecule has 0 atom stereocenters. The molecule has 0 aromatic carbocycles. The minimum Gasteiger partial charge on any atom is -0.476 e. The van der Waals surface area contributed by atoms with Crippen LogP contribution >= 0.6 is 0 Å². The molecule has 15 heavy (non-hydrogen) atoms. The molecule has 1 aromatic rings. The minimum absolute atomic E-state index is 0.255. The summed E-state index contributed by atoms with van der Waals surface area (Å²) in [6, 6.07) is 0. The molecule has 0 radical (unpaired) electrons. The lowest BCUT2D eigenvalue weighted by atomic mass is 10.4. The molecule has 1 N–H and O–H groups in total. The first-order valence-electron chi connectivity index (χ1n) is 3.95. The molecule has 1 heterocycles. The lowest BCUT2D eigenvalue weighted by molar-refractivity contribution is -0.385. The van der Waals surface area contributed by atoms with E-state index in [-0.39, 0.29) is 6.54 Å². The number of carboxylic acid groups (broad SMARTS) is 1. The lowest BCUT2D eigenvalue weighted by Crippen LogP contribution is -2.03. The third kappa shape index (κ3) is 2.31. The molecule has 0 spiro atoms. The highest BCUT2D eigenvalue weighted by molar-refractivity contribution is 5.89. The van der Waals surface area contributed by atoms with Crippen LogP contribution in [0.5, 0.6) is 0 Å². The molecule has 0 aliphatic rings. The second-order valence-corrected chi connectivity index (χ2v) is 2.64. The van der Waals surface area contributed by atoms with Crippen LogP contribution in [0.1, 0.15) is 16.9 Å². The van der Waals surface area contributed by atoms with E-state index in [4.69, 9.17) is 11.5 Å². The molecule has 0 bridgehead atoms. The zero-order chi connectivity index (χ0) is 11.4. The second kappa shape index (κ2) is 4.23. The van der Waals surface area contributed by atoms with Gasteiger partial charge in [-0.25, -0.2) is 4.79 Å². The predicted octanol–water partition coefficient (Wildman–Crippen LogP) is 0.513. The summed E-state index contributed by atoms with van der Waals surface area (Å²) in [5.41, 5.74) is -1.10. The van der Waals surface area contributed by atoms with Crippen molar-refractivity contribution in [3.05, 3.63) is 22.0 Å². The summed E-state index contributed by atoms with van der Waals surface area (Å²) in [6.45, 7) is 0.255. The van der Waals surface area contributed by atoms with E-state index >= 15 is 0 Å². The summed E-state index contributed by atoms with van der Waals surface area (Å²) < 4.78 is 1.15. The number of carbonyl (C=O) groups is 1. The number of aromatic carboxylic acids is 1. The van der Waals surface area contributed by atoms with Crippen molar-refractivity contribution >= 4 is 11.7 Å². The number of terminal acetylenes is 1. The van der Waals surface area contributed by atoms with Gasteiger partial charge in [-0.1, -0.05) is 0 Å². The number of carboxylic acids is 1. The van der Waals surface area contributed by atoms with E-state index in [0.29, 0.717) is 6.42 Å². The Kier molecular flexibility index (Phi) is 3.03. The van der Waals surface area contributed by atoms with Gasteiger partial charge in [0.25, 0.3) is 0 Å². The van der Waals surface area contributed by atoms with E-state index in [1.807, 2.05) is 0 Å². The smallest absolute Gasteiger partial charge is 0.363 e. The van der Waals surface area contributed by atoms with Gasteiger partial charge in [0.2, 0.25) is 5.69 Å². The maximum absolute atomic E-state index is 10.6. The molecule has 0 aliphatic heterocycles. The van der Waals surface area contributed by atoms with Crippen LogP contribution in [0.4, 0.5) is 5.69 Å². The van der Waals surface area contributed by atoms with Gasteiger partial charge in [0, 0.05) is 6.42 Å². The minimum atomic E-state index is -1.43. The first-order chi connectivity index (χ1) is 7.06. The SMILES string of the molecule is C#CCCn1cc([N+](=O)[O-])c(C(=O)O)n1. The van der Waals surface area contributed by atoms with Crippen LogP contribution in [-0.4, -0.2) is 25.8 Å². The van der Waals surface area contributed by atoms with Gasteiger partial charge >= 0.3 is 11.7 Å². The molecule has 0 saturated heterocycles. The van der Waals surface area contributed by atoms with E-state index in [2.05, 4.69) is 11.0 Å². The number of hydrogen-bond acceptors (Lipinski definition) is 4. The van der Waals surface area contributed by atoms with Crippen molar-refractivity contribution in [1.82, 2.24) is 9.78 Å². The Morgan fingerprint density at radius 1 is 1.80 bits per heavy atom. The van der Waals surface area contributed by atoms with Crippen LogP contribution in [0.2, 0.25) is 0 Å². The summed E-state index contributed by atoms with van der Waals surface area (Å²) in [7, 11) is 0. The Bertz CT molecular complexity index is 412. The molecule has 1 rings (SSSR count). The van der Waals surface area contributed by atoms with Crippen LogP contribution in [0, 0.1) is 22.5 Å². The van der Waals surface area contributed by atoms with Crippen molar-refractivity contribution in [1.29, 1.82) is 0 Å². The van der Waals surface area contributed by atoms with E-state index in [9.17, 15) is 14.9 Å². The number of nitro groups is 1. The monoisotopic (exact) mass is 209 g/mol. The fourth-order valence-corrected chi connectivity index (χ4v) is 0.990. The third-order valence-electron chi connectivity index (χ3n) is 1.63. The highest BCUT2D eigenvalue weighted by Gasteiger charge is 2.24. The van der Waals surface area contributed by atoms with Crippen molar-refractivity contribution in [2.24, 2.45) is 0 Å². The Balaban J connectivity index is 3.05. The fourth-order valence-electron chi connectivity index (χ4n) is 0.990. The first-order valence-corrected chi connectivity index (χ1v) is 3.95. The van der Waals surface area contributed by atoms with Crippen molar-refractivity contribution < 1.29 is 14.8 Å². The zero-order valence-electron chi connectivity index (χ0n) is 7.58. The van der Waals surface area contributed by atoms with Gasteiger partial charge in [-0.3, -0.25) is 14.8 Å². The van der Waals surface area contributed by atoms with Crippen molar-refractivity contribution in [2.45, 2.75) is 13.0 Å². The predicted molar refractivity (Wildman–Crippen MR) is 49.3 cm³/mol. The molecule has 0 amide bonds. The van der Waals surface area contributed by atoms with Crippen molar-refractivity contribution in [3.63, 3.8) is 0 Å². The van der Waals surface area contributed by atoms with Gasteiger partial charge < -0.3 is 5.11 Å². The van der Waals surface area contributed by atoms with Gasteiger partial charge in [0.15, 0.2) is 0 Å². The number of rotatable bonds is 4. The van der Waals surface area contributed by atoms with Gasteiger partial charge in [-0.2, -0.15) is 5.10 Å². The van der Waals surface area contributed by atoms with Crippen LogP contribution in [-0.2, 0) is 6.54 Å². The van der Waals surface area contributed by atoms with Gasteiger partial charge in [0.1, 0.15) is 6.20 Å². The highest BCUT2D eigenvalue weighted by atomic mass is 16.6. The van der Waals surface area contributed by atoms with Crippen molar-refractivity contribution in [2.75, 3.05) is 0 Å². The third-order valence-corrected chi connectivity index (χ3v) is 1.63.